The fraction of sp³-hybridized carbons (Fsp3) is 0.829. The molecule has 0 spiro atoms. The van der Waals surface area contributed by atoms with E-state index in [0.717, 1.165) is 30.6 Å². The molecule has 0 unspecified atom stereocenters. The van der Waals surface area contributed by atoms with Gasteiger partial charge in [0.1, 0.15) is 0 Å². The van der Waals surface area contributed by atoms with Gasteiger partial charge in [0.25, 0.3) is 0 Å². The molecule has 3 fully saturated rings. The van der Waals surface area contributed by atoms with Gasteiger partial charge in [-0.25, -0.2) is 0 Å². The first-order valence-corrected chi connectivity index (χ1v) is 22.0. The second-order valence-electron chi connectivity index (χ2n) is 16.8. The van der Waals surface area contributed by atoms with Crippen molar-refractivity contribution in [3.63, 3.8) is 0 Å². The second kappa shape index (κ2) is 11.7. The fourth-order valence-electron chi connectivity index (χ4n) is 7.19. The molecule has 6 atom stereocenters. The Balaban J connectivity index is 1.92. The standard InChI is InChI=1S/C35H64O2Si2/c1-15-25(2)29-20-21-30-28(17-16-22-35(29,30)10)19-18-27-23-31(36-38(11,12)33(4,5)6)26(3)32(24-27)37-39(13,14)34(7,8)9/h18-19,25,29-32H,3,15-17,20-24H2,1-2,4-14H3/t25-,29+,30-,31+,32+,35+/m0/s1. The molecule has 0 amide bonds. The Bertz CT molecular complexity index is 903. The summed E-state index contributed by atoms with van der Waals surface area (Å²) in [5.74, 6) is 2.48. The molecule has 0 aromatic heterocycles. The van der Waals surface area contributed by atoms with Crippen LogP contribution in [0.2, 0.25) is 36.3 Å². The summed E-state index contributed by atoms with van der Waals surface area (Å²) in [5, 5.41) is 0.348. The number of hydrogen-bond donors (Lipinski definition) is 0. The van der Waals surface area contributed by atoms with Crippen LogP contribution in [0.4, 0.5) is 0 Å². The molecule has 0 saturated heterocycles. The van der Waals surface area contributed by atoms with E-state index >= 15 is 0 Å². The Morgan fingerprint density at radius 3 is 1.90 bits per heavy atom. The van der Waals surface area contributed by atoms with Gasteiger partial charge in [-0.3, -0.25) is 0 Å². The lowest BCUT2D eigenvalue weighted by Crippen LogP contribution is -2.49. The first-order valence-electron chi connectivity index (χ1n) is 16.2. The van der Waals surface area contributed by atoms with E-state index in [0.29, 0.717) is 5.41 Å². The molecule has 3 aliphatic rings. The lowest BCUT2D eigenvalue weighted by Gasteiger charge is -2.46. The lowest BCUT2D eigenvalue weighted by atomic mass is 9.61. The lowest BCUT2D eigenvalue weighted by molar-refractivity contribution is 0.0961. The van der Waals surface area contributed by atoms with Gasteiger partial charge in [-0.15, -0.1) is 0 Å². The van der Waals surface area contributed by atoms with Gasteiger partial charge in [-0.1, -0.05) is 98.6 Å². The normalized spacial score (nSPS) is 32.9. The molecular weight excluding hydrogens is 509 g/mol. The fourth-order valence-corrected chi connectivity index (χ4v) is 9.79. The molecule has 0 radical (unpaired) electrons. The average Bonchev–Trinajstić information content (AvgIpc) is 3.15. The van der Waals surface area contributed by atoms with E-state index in [-0.39, 0.29) is 22.3 Å². The van der Waals surface area contributed by atoms with E-state index in [4.69, 9.17) is 8.85 Å². The Labute approximate surface area is 245 Å². The summed E-state index contributed by atoms with van der Waals surface area (Å²) in [6.45, 7) is 35.7. The van der Waals surface area contributed by atoms with Gasteiger partial charge in [-0.2, -0.15) is 0 Å². The van der Waals surface area contributed by atoms with Crippen molar-refractivity contribution in [2.24, 2.45) is 23.2 Å². The van der Waals surface area contributed by atoms with Gasteiger partial charge in [0.2, 0.25) is 0 Å². The van der Waals surface area contributed by atoms with Crippen molar-refractivity contribution >= 4 is 16.6 Å². The van der Waals surface area contributed by atoms with Crippen LogP contribution in [0.1, 0.15) is 114 Å². The Morgan fingerprint density at radius 1 is 0.923 bits per heavy atom. The molecule has 0 bridgehead atoms. The van der Waals surface area contributed by atoms with E-state index < -0.39 is 16.6 Å². The summed E-state index contributed by atoms with van der Waals surface area (Å²) < 4.78 is 14.1. The molecule has 0 aliphatic heterocycles. The first-order chi connectivity index (χ1) is 17.7. The quantitative estimate of drug-likeness (QED) is 0.223. The maximum absolute atomic E-state index is 7.06. The van der Waals surface area contributed by atoms with Crippen LogP contribution in [0.3, 0.4) is 0 Å². The number of allylic oxidation sites excluding steroid dienone is 3. The largest absolute Gasteiger partial charge is 0.410 e. The summed E-state index contributed by atoms with van der Waals surface area (Å²) in [6, 6.07) is 0. The highest BCUT2D eigenvalue weighted by molar-refractivity contribution is 6.74. The van der Waals surface area contributed by atoms with Crippen LogP contribution in [0.5, 0.6) is 0 Å². The maximum atomic E-state index is 7.06. The van der Waals surface area contributed by atoms with Gasteiger partial charge in [-0.05, 0) is 110 Å². The van der Waals surface area contributed by atoms with Crippen LogP contribution in [0.15, 0.2) is 35.5 Å². The minimum absolute atomic E-state index is 0.0527. The zero-order valence-electron chi connectivity index (χ0n) is 28.2. The summed E-state index contributed by atoms with van der Waals surface area (Å²) in [7, 11) is -3.88. The van der Waals surface area contributed by atoms with Crippen LogP contribution >= 0.6 is 0 Å². The molecule has 0 aromatic carbocycles. The molecule has 0 heterocycles. The van der Waals surface area contributed by atoms with Crippen LogP contribution in [-0.4, -0.2) is 28.8 Å². The summed E-state index contributed by atoms with van der Waals surface area (Å²) in [5.41, 5.74) is 4.87. The Morgan fingerprint density at radius 2 is 1.44 bits per heavy atom. The number of rotatable bonds is 7. The van der Waals surface area contributed by atoms with E-state index in [1.54, 1.807) is 5.57 Å². The smallest absolute Gasteiger partial charge is 0.192 e. The minimum atomic E-state index is -1.94. The van der Waals surface area contributed by atoms with Crippen LogP contribution in [0.25, 0.3) is 0 Å². The molecule has 0 N–H and O–H groups in total. The van der Waals surface area contributed by atoms with Crippen molar-refractivity contribution in [1.82, 2.24) is 0 Å². The monoisotopic (exact) mass is 572 g/mol. The summed E-state index contributed by atoms with van der Waals surface area (Å²) in [6.07, 6.45) is 15.2. The SMILES string of the molecule is C=C1[C@H](O[Si](C)(C)C(C)(C)C)CC(=CC=C2CCC[C@]3(C)[C@@H]([C@@H](C)CC)CC[C@@H]23)C[C@H]1O[Si](C)(C)C(C)(C)C. The van der Waals surface area contributed by atoms with Gasteiger partial charge < -0.3 is 8.85 Å². The Hall–Kier alpha value is -0.426. The maximum Gasteiger partial charge on any atom is 0.192 e. The predicted molar refractivity (Wildman–Crippen MR) is 176 cm³/mol. The summed E-state index contributed by atoms with van der Waals surface area (Å²) >= 11 is 0. The predicted octanol–water partition coefficient (Wildman–Crippen LogP) is 11.2. The van der Waals surface area contributed by atoms with Gasteiger partial charge >= 0.3 is 0 Å². The van der Waals surface area contributed by atoms with Crippen molar-refractivity contribution in [3.05, 3.63) is 35.5 Å². The highest BCUT2D eigenvalue weighted by Gasteiger charge is 2.50. The molecule has 3 rings (SSSR count). The van der Waals surface area contributed by atoms with Crippen LogP contribution in [0, 0.1) is 23.2 Å². The van der Waals surface area contributed by atoms with Crippen molar-refractivity contribution in [2.45, 2.75) is 162 Å². The van der Waals surface area contributed by atoms with E-state index in [1.165, 1.54) is 49.7 Å². The van der Waals surface area contributed by atoms with E-state index in [2.05, 4.69) is 107 Å². The topological polar surface area (TPSA) is 18.5 Å². The minimum Gasteiger partial charge on any atom is -0.410 e. The van der Waals surface area contributed by atoms with E-state index in [9.17, 15) is 0 Å². The zero-order chi connectivity index (χ0) is 29.6. The van der Waals surface area contributed by atoms with Crippen molar-refractivity contribution < 1.29 is 8.85 Å². The highest BCUT2D eigenvalue weighted by Crippen LogP contribution is 2.59. The molecule has 3 saturated carbocycles. The molecule has 39 heavy (non-hydrogen) atoms. The molecule has 3 aliphatic carbocycles. The van der Waals surface area contributed by atoms with Crippen molar-refractivity contribution in [1.29, 1.82) is 0 Å². The highest BCUT2D eigenvalue weighted by atomic mass is 28.4. The zero-order valence-corrected chi connectivity index (χ0v) is 30.2. The second-order valence-corrected chi connectivity index (χ2v) is 26.3. The Kier molecular flexibility index (Phi) is 9.91. The third-order valence-corrected chi connectivity index (χ3v) is 21.1. The third kappa shape index (κ3) is 6.97. The van der Waals surface area contributed by atoms with Gasteiger partial charge in [0.15, 0.2) is 16.6 Å². The van der Waals surface area contributed by atoms with Crippen molar-refractivity contribution in [3.8, 4) is 0 Å². The third-order valence-electron chi connectivity index (χ3n) is 12.1. The van der Waals surface area contributed by atoms with Gasteiger partial charge in [0, 0.05) is 0 Å². The summed E-state index contributed by atoms with van der Waals surface area (Å²) in [4.78, 5) is 0. The molecule has 224 valence electrons. The number of fused-ring (bicyclic) bond motifs is 1. The molecule has 2 nitrogen and oxygen atoms in total. The van der Waals surface area contributed by atoms with Crippen molar-refractivity contribution in [2.75, 3.05) is 0 Å². The number of hydrogen-bond acceptors (Lipinski definition) is 2. The molecule has 4 heteroatoms. The first kappa shape index (κ1) is 33.1. The van der Waals surface area contributed by atoms with Crippen LogP contribution in [-0.2, 0) is 8.85 Å². The molecular formula is C35H64O2Si2. The van der Waals surface area contributed by atoms with Crippen LogP contribution < -0.4 is 0 Å². The van der Waals surface area contributed by atoms with Gasteiger partial charge in [0.05, 0.1) is 12.2 Å². The molecule has 0 aromatic rings. The van der Waals surface area contributed by atoms with E-state index in [1.807, 2.05) is 0 Å². The average molecular weight is 573 g/mol.